The van der Waals surface area contributed by atoms with Gasteiger partial charge < -0.3 is 22.1 Å². The predicted octanol–water partition coefficient (Wildman–Crippen LogP) is 2.74. The van der Waals surface area contributed by atoms with Gasteiger partial charge in [0.25, 0.3) is 0 Å². The molecule has 6 N–H and O–H groups in total. The van der Waals surface area contributed by atoms with E-state index in [1.165, 1.54) is 12.1 Å². The van der Waals surface area contributed by atoms with Crippen LogP contribution in [-0.4, -0.2) is 29.1 Å². The Balaban J connectivity index is 1.91. The van der Waals surface area contributed by atoms with Crippen LogP contribution in [0.3, 0.4) is 0 Å². The van der Waals surface area contributed by atoms with Crippen molar-refractivity contribution in [2.75, 3.05) is 29.5 Å². The lowest BCUT2D eigenvalue weighted by atomic mass is 10.0. The van der Waals surface area contributed by atoms with E-state index in [9.17, 15) is 13.2 Å². The number of nitrogens with zero attached hydrogens (tertiary/aromatic N) is 3. The SMILES string of the molecule is Nc1ccc(N)c(C(F)(F)F)c1-c1nc2c(c(N3CCCC(N)C3)n1)CCC2. The van der Waals surface area contributed by atoms with Gasteiger partial charge >= 0.3 is 6.18 Å². The number of aryl methyl sites for hydroxylation is 1. The van der Waals surface area contributed by atoms with Crippen LogP contribution in [0.15, 0.2) is 12.1 Å². The van der Waals surface area contributed by atoms with Gasteiger partial charge in [-0.05, 0) is 44.2 Å². The fourth-order valence-electron chi connectivity index (χ4n) is 4.17. The van der Waals surface area contributed by atoms with Gasteiger partial charge in [-0.15, -0.1) is 0 Å². The predicted molar refractivity (Wildman–Crippen MR) is 103 cm³/mol. The van der Waals surface area contributed by atoms with Crippen molar-refractivity contribution >= 4 is 17.2 Å². The van der Waals surface area contributed by atoms with Gasteiger partial charge in [-0.25, -0.2) is 9.97 Å². The van der Waals surface area contributed by atoms with E-state index >= 15 is 0 Å². The Morgan fingerprint density at radius 2 is 1.79 bits per heavy atom. The first kappa shape index (κ1) is 18.8. The Kier molecular flexibility index (Phi) is 4.57. The Morgan fingerprint density at radius 3 is 2.50 bits per heavy atom. The van der Waals surface area contributed by atoms with Crippen LogP contribution in [0.1, 0.15) is 36.1 Å². The van der Waals surface area contributed by atoms with Crippen molar-refractivity contribution in [2.24, 2.45) is 5.73 Å². The molecular formula is C19H23F3N6. The fourth-order valence-corrected chi connectivity index (χ4v) is 4.17. The normalized spacial score (nSPS) is 19.7. The Labute approximate surface area is 160 Å². The molecule has 0 bridgehead atoms. The van der Waals surface area contributed by atoms with Crippen molar-refractivity contribution in [1.82, 2.24) is 9.97 Å². The lowest BCUT2D eigenvalue weighted by molar-refractivity contribution is -0.136. The fraction of sp³-hybridized carbons (Fsp3) is 0.474. The monoisotopic (exact) mass is 392 g/mol. The summed E-state index contributed by atoms with van der Waals surface area (Å²) in [6.07, 6.45) is -0.388. The van der Waals surface area contributed by atoms with Gasteiger partial charge in [0.2, 0.25) is 0 Å². The second kappa shape index (κ2) is 6.80. The number of piperidine rings is 1. The highest BCUT2D eigenvalue weighted by atomic mass is 19.4. The van der Waals surface area contributed by atoms with Crippen LogP contribution in [0.2, 0.25) is 0 Å². The molecule has 1 aromatic heterocycles. The summed E-state index contributed by atoms with van der Waals surface area (Å²) in [4.78, 5) is 11.1. The molecule has 0 radical (unpaired) electrons. The van der Waals surface area contributed by atoms with Crippen molar-refractivity contribution in [3.63, 3.8) is 0 Å². The molecule has 1 aliphatic carbocycles. The molecule has 0 amide bonds. The molecular weight excluding hydrogens is 369 g/mol. The van der Waals surface area contributed by atoms with Crippen molar-refractivity contribution in [2.45, 2.75) is 44.3 Å². The molecule has 1 atom stereocenters. The van der Waals surface area contributed by atoms with E-state index < -0.39 is 11.7 Å². The lowest BCUT2D eigenvalue weighted by Crippen LogP contribution is -2.43. The highest BCUT2D eigenvalue weighted by molar-refractivity contribution is 5.81. The van der Waals surface area contributed by atoms with E-state index in [-0.39, 0.29) is 28.8 Å². The molecule has 2 heterocycles. The lowest BCUT2D eigenvalue weighted by Gasteiger charge is -2.33. The number of benzene rings is 1. The van der Waals surface area contributed by atoms with Gasteiger partial charge in [0.15, 0.2) is 5.82 Å². The maximum absolute atomic E-state index is 13.7. The Hall–Kier alpha value is -2.55. The topological polar surface area (TPSA) is 107 Å². The van der Waals surface area contributed by atoms with Gasteiger partial charge in [0, 0.05) is 41.8 Å². The molecule has 9 heteroatoms. The summed E-state index contributed by atoms with van der Waals surface area (Å²) in [6, 6.07) is 2.56. The van der Waals surface area contributed by atoms with Gasteiger partial charge in [-0.2, -0.15) is 13.2 Å². The highest BCUT2D eigenvalue weighted by Gasteiger charge is 2.38. The second-order valence-electron chi connectivity index (χ2n) is 7.49. The molecule has 1 fully saturated rings. The maximum atomic E-state index is 13.7. The van der Waals surface area contributed by atoms with Gasteiger partial charge in [0.05, 0.1) is 11.1 Å². The summed E-state index contributed by atoms with van der Waals surface area (Å²) < 4.78 is 41.2. The third-order valence-electron chi connectivity index (χ3n) is 5.45. The average molecular weight is 392 g/mol. The number of fused-ring (bicyclic) bond motifs is 1. The number of alkyl halides is 3. The summed E-state index contributed by atoms with van der Waals surface area (Å²) in [6.45, 7) is 1.40. The number of hydrogen-bond donors (Lipinski definition) is 3. The number of rotatable bonds is 2. The van der Waals surface area contributed by atoms with Crippen molar-refractivity contribution in [3.05, 3.63) is 29.0 Å². The van der Waals surface area contributed by atoms with E-state index in [0.29, 0.717) is 18.8 Å². The average Bonchev–Trinajstić information content (AvgIpc) is 3.10. The summed E-state index contributed by atoms with van der Waals surface area (Å²) >= 11 is 0. The van der Waals surface area contributed by atoms with E-state index in [1.807, 2.05) is 0 Å². The van der Waals surface area contributed by atoms with E-state index in [2.05, 4.69) is 14.9 Å². The molecule has 4 rings (SSSR count). The summed E-state index contributed by atoms with van der Waals surface area (Å²) in [5.41, 5.74) is 17.9. The van der Waals surface area contributed by atoms with Crippen LogP contribution >= 0.6 is 0 Å². The molecule has 28 heavy (non-hydrogen) atoms. The number of halogens is 3. The molecule has 1 aromatic carbocycles. The second-order valence-corrected chi connectivity index (χ2v) is 7.49. The van der Waals surface area contributed by atoms with Crippen LogP contribution < -0.4 is 22.1 Å². The first-order valence-corrected chi connectivity index (χ1v) is 9.41. The zero-order valence-electron chi connectivity index (χ0n) is 15.4. The van der Waals surface area contributed by atoms with Gasteiger partial charge in [-0.1, -0.05) is 0 Å². The van der Waals surface area contributed by atoms with Crippen LogP contribution in [0, 0.1) is 0 Å². The smallest absolute Gasteiger partial charge is 0.398 e. The zero-order chi connectivity index (χ0) is 20.1. The largest absolute Gasteiger partial charge is 0.419 e. The number of anilines is 3. The third-order valence-corrected chi connectivity index (χ3v) is 5.45. The van der Waals surface area contributed by atoms with E-state index in [4.69, 9.17) is 17.2 Å². The molecule has 0 spiro atoms. The summed E-state index contributed by atoms with van der Waals surface area (Å²) in [5.74, 6) is 0.662. The summed E-state index contributed by atoms with van der Waals surface area (Å²) in [7, 11) is 0. The minimum Gasteiger partial charge on any atom is -0.398 e. The highest BCUT2D eigenvalue weighted by Crippen LogP contribution is 2.44. The molecule has 1 aliphatic heterocycles. The number of hydrogen-bond acceptors (Lipinski definition) is 6. The minimum absolute atomic E-state index is 0.0207. The molecule has 2 aromatic rings. The van der Waals surface area contributed by atoms with E-state index in [1.54, 1.807) is 0 Å². The van der Waals surface area contributed by atoms with Crippen molar-refractivity contribution < 1.29 is 13.2 Å². The third kappa shape index (κ3) is 3.23. The molecule has 6 nitrogen and oxygen atoms in total. The maximum Gasteiger partial charge on any atom is 0.419 e. The van der Waals surface area contributed by atoms with Crippen molar-refractivity contribution in [1.29, 1.82) is 0 Å². The molecule has 1 saturated heterocycles. The Morgan fingerprint density at radius 1 is 1.04 bits per heavy atom. The minimum atomic E-state index is -4.66. The molecule has 1 unspecified atom stereocenters. The molecule has 2 aliphatic rings. The van der Waals surface area contributed by atoms with Crippen LogP contribution in [0.25, 0.3) is 11.4 Å². The number of aromatic nitrogens is 2. The zero-order valence-corrected chi connectivity index (χ0v) is 15.4. The number of nitrogen functional groups attached to an aromatic ring is 2. The molecule has 0 saturated carbocycles. The van der Waals surface area contributed by atoms with Crippen LogP contribution in [0.5, 0.6) is 0 Å². The van der Waals surface area contributed by atoms with Crippen LogP contribution in [0.4, 0.5) is 30.4 Å². The first-order valence-electron chi connectivity index (χ1n) is 9.41. The van der Waals surface area contributed by atoms with Crippen LogP contribution in [-0.2, 0) is 19.0 Å². The summed E-state index contributed by atoms with van der Waals surface area (Å²) in [5, 5.41) is 0. The van der Waals surface area contributed by atoms with Crippen molar-refractivity contribution in [3.8, 4) is 11.4 Å². The standard InChI is InChI=1S/C19H23F3N6/c20-19(21,22)16-13(25)7-6-12(24)15(16)17-26-14-5-1-4-11(14)18(27-17)28-8-2-3-10(23)9-28/h6-7,10H,1-5,8-9,23-25H2. The van der Waals surface area contributed by atoms with Gasteiger partial charge in [-0.3, -0.25) is 0 Å². The number of nitrogens with two attached hydrogens (primary N) is 3. The quantitative estimate of drug-likeness (QED) is 0.679. The Bertz CT molecular complexity index is 912. The van der Waals surface area contributed by atoms with E-state index in [0.717, 1.165) is 43.5 Å². The first-order chi connectivity index (χ1) is 13.3. The van der Waals surface area contributed by atoms with Gasteiger partial charge in [0.1, 0.15) is 5.82 Å². The molecule has 150 valence electrons.